The minimum atomic E-state index is -0.0547. The van der Waals surface area contributed by atoms with Crippen molar-refractivity contribution in [3.63, 3.8) is 0 Å². The Kier molecular flexibility index (Phi) is 2.51. The van der Waals surface area contributed by atoms with Crippen LogP contribution in [0.5, 0.6) is 17.2 Å². The number of benzene rings is 1. The van der Waals surface area contributed by atoms with Gasteiger partial charge in [-0.25, -0.2) is 0 Å². The number of hydrogen-bond acceptors (Lipinski definition) is 4. The first-order valence-electron chi connectivity index (χ1n) is 4.36. The summed E-state index contributed by atoms with van der Waals surface area (Å²) in [6, 6.07) is 6.64. The van der Waals surface area contributed by atoms with Crippen LogP contribution < -0.4 is 4.74 Å². The highest BCUT2D eigenvalue weighted by Gasteiger charge is 2.12. The normalized spacial score (nSPS) is 10.2. The van der Waals surface area contributed by atoms with Crippen LogP contribution in [-0.4, -0.2) is 17.3 Å². The van der Waals surface area contributed by atoms with E-state index in [2.05, 4.69) is 0 Å². The first-order chi connectivity index (χ1) is 7.22. The zero-order chi connectivity index (χ0) is 10.8. The van der Waals surface area contributed by atoms with E-state index in [1.165, 1.54) is 24.5 Å². The summed E-state index contributed by atoms with van der Waals surface area (Å²) in [6.07, 6.45) is 0. The topological polar surface area (TPSA) is 49.7 Å². The Bertz CT molecular complexity index is 463. The Morgan fingerprint density at radius 3 is 2.67 bits per heavy atom. The maximum absolute atomic E-state index is 9.59. The molecule has 0 unspecified atom stereocenters. The van der Waals surface area contributed by atoms with Crippen molar-refractivity contribution >= 4 is 11.3 Å². The maximum Gasteiger partial charge on any atom is 0.169 e. The van der Waals surface area contributed by atoms with E-state index in [1.54, 1.807) is 6.07 Å². The van der Waals surface area contributed by atoms with Crippen molar-refractivity contribution in [1.29, 1.82) is 0 Å². The summed E-state index contributed by atoms with van der Waals surface area (Å²) in [4.78, 5) is 0.943. The highest BCUT2D eigenvalue weighted by atomic mass is 32.1. The zero-order valence-corrected chi connectivity index (χ0v) is 8.91. The van der Waals surface area contributed by atoms with Gasteiger partial charge in [-0.2, -0.15) is 0 Å². The fraction of sp³-hybridized carbons (Fsp3) is 0.0909. The van der Waals surface area contributed by atoms with Crippen LogP contribution in [0.15, 0.2) is 29.6 Å². The van der Waals surface area contributed by atoms with E-state index < -0.39 is 0 Å². The molecule has 0 aliphatic carbocycles. The van der Waals surface area contributed by atoms with Crippen LogP contribution in [0, 0.1) is 0 Å². The average molecular weight is 222 g/mol. The van der Waals surface area contributed by atoms with Gasteiger partial charge in [-0.05, 0) is 17.5 Å². The number of hydrogen-bond donors (Lipinski definition) is 2. The van der Waals surface area contributed by atoms with Crippen molar-refractivity contribution in [1.82, 2.24) is 0 Å². The molecular formula is C11H10O3S. The molecule has 15 heavy (non-hydrogen) atoms. The van der Waals surface area contributed by atoms with E-state index >= 15 is 0 Å². The van der Waals surface area contributed by atoms with Crippen molar-refractivity contribution in [3.8, 4) is 27.7 Å². The number of phenolic OH excluding ortho intramolecular Hbond substituents is 2. The molecule has 0 saturated heterocycles. The molecule has 0 amide bonds. The highest BCUT2D eigenvalue weighted by Crippen LogP contribution is 2.41. The standard InChI is InChI=1S/C11H10O3S/c1-14-11-8(10-3-2-4-15-10)5-7(12)6-9(11)13/h2-6,12-13H,1H3. The lowest BCUT2D eigenvalue weighted by Gasteiger charge is -2.09. The number of thiophene rings is 1. The molecule has 4 heteroatoms. The number of phenols is 2. The van der Waals surface area contributed by atoms with Crippen LogP contribution >= 0.6 is 11.3 Å². The van der Waals surface area contributed by atoms with Crippen LogP contribution in [0.25, 0.3) is 10.4 Å². The van der Waals surface area contributed by atoms with Crippen LogP contribution in [0.1, 0.15) is 0 Å². The van der Waals surface area contributed by atoms with Crippen LogP contribution in [0.2, 0.25) is 0 Å². The van der Waals surface area contributed by atoms with Gasteiger partial charge in [0.1, 0.15) is 5.75 Å². The molecule has 2 rings (SSSR count). The lowest BCUT2D eigenvalue weighted by molar-refractivity contribution is 0.371. The van der Waals surface area contributed by atoms with Gasteiger partial charge in [-0.15, -0.1) is 11.3 Å². The second kappa shape index (κ2) is 3.82. The Morgan fingerprint density at radius 2 is 2.07 bits per heavy atom. The second-order valence-electron chi connectivity index (χ2n) is 3.02. The maximum atomic E-state index is 9.59. The summed E-state index contributed by atoms with van der Waals surface area (Å²) in [5.74, 6) is 0.354. The molecule has 0 aliphatic rings. The molecule has 3 nitrogen and oxygen atoms in total. The fourth-order valence-corrected chi connectivity index (χ4v) is 2.17. The summed E-state index contributed by atoms with van der Waals surface area (Å²) >= 11 is 1.52. The number of methoxy groups -OCH3 is 1. The highest BCUT2D eigenvalue weighted by molar-refractivity contribution is 7.13. The van der Waals surface area contributed by atoms with Gasteiger partial charge < -0.3 is 14.9 Å². The Hall–Kier alpha value is -1.68. The molecule has 0 spiro atoms. The first kappa shape index (κ1) is 9.86. The second-order valence-corrected chi connectivity index (χ2v) is 3.97. The molecule has 1 aromatic carbocycles. The first-order valence-corrected chi connectivity index (χ1v) is 5.24. The molecule has 2 N–H and O–H groups in total. The van der Waals surface area contributed by atoms with E-state index in [1.807, 2.05) is 17.5 Å². The Labute approximate surface area is 91.2 Å². The third-order valence-electron chi connectivity index (χ3n) is 2.04. The molecule has 0 aliphatic heterocycles. The third kappa shape index (κ3) is 1.76. The molecule has 0 radical (unpaired) electrons. The largest absolute Gasteiger partial charge is 0.508 e. The smallest absolute Gasteiger partial charge is 0.169 e. The molecule has 0 bridgehead atoms. The molecular weight excluding hydrogens is 212 g/mol. The van der Waals surface area contributed by atoms with Gasteiger partial charge in [0.05, 0.1) is 7.11 Å². The number of rotatable bonds is 2. The van der Waals surface area contributed by atoms with E-state index in [-0.39, 0.29) is 11.5 Å². The minimum Gasteiger partial charge on any atom is -0.508 e. The molecule has 2 aromatic rings. The SMILES string of the molecule is COc1c(O)cc(O)cc1-c1cccs1. The lowest BCUT2D eigenvalue weighted by atomic mass is 10.1. The molecule has 1 heterocycles. The predicted molar refractivity (Wildman–Crippen MR) is 59.6 cm³/mol. The average Bonchev–Trinajstić information content (AvgIpc) is 2.69. The van der Waals surface area contributed by atoms with Crippen molar-refractivity contribution in [2.45, 2.75) is 0 Å². The van der Waals surface area contributed by atoms with Crippen LogP contribution in [0.4, 0.5) is 0 Å². The third-order valence-corrected chi connectivity index (χ3v) is 2.95. The lowest BCUT2D eigenvalue weighted by Crippen LogP contribution is -1.87. The summed E-state index contributed by atoms with van der Waals surface area (Å²) < 4.78 is 5.10. The van der Waals surface area contributed by atoms with E-state index in [4.69, 9.17) is 4.74 Å². The van der Waals surface area contributed by atoms with Gasteiger partial charge in [0, 0.05) is 16.5 Å². The number of aromatic hydroxyl groups is 2. The minimum absolute atomic E-state index is 0.0247. The van der Waals surface area contributed by atoms with E-state index in [9.17, 15) is 10.2 Å². The van der Waals surface area contributed by atoms with Gasteiger partial charge in [0.25, 0.3) is 0 Å². The van der Waals surface area contributed by atoms with Crippen molar-refractivity contribution in [3.05, 3.63) is 29.6 Å². The van der Waals surface area contributed by atoms with Crippen LogP contribution in [-0.2, 0) is 0 Å². The quantitative estimate of drug-likeness (QED) is 0.821. The predicted octanol–water partition coefficient (Wildman–Crippen LogP) is 2.83. The van der Waals surface area contributed by atoms with Gasteiger partial charge in [0.2, 0.25) is 0 Å². The van der Waals surface area contributed by atoms with Gasteiger partial charge in [0.15, 0.2) is 11.5 Å². The Morgan fingerprint density at radius 1 is 1.27 bits per heavy atom. The monoisotopic (exact) mass is 222 g/mol. The van der Waals surface area contributed by atoms with Gasteiger partial charge in [-0.1, -0.05) is 6.07 Å². The van der Waals surface area contributed by atoms with Crippen molar-refractivity contribution < 1.29 is 14.9 Å². The van der Waals surface area contributed by atoms with Gasteiger partial charge in [-0.3, -0.25) is 0 Å². The molecule has 0 fully saturated rings. The zero-order valence-electron chi connectivity index (χ0n) is 8.10. The summed E-state index contributed by atoms with van der Waals surface area (Å²) in [5, 5.41) is 20.9. The fourth-order valence-electron chi connectivity index (χ4n) is 1.43. The summed E-state index contributed by atoms with van der Waals surface area (Å²) in [5.41, 5.74) is 0.699. The molecule has 0 saturated carbocycles. The molecule has 78 valence electrons. The number of ether oxygens (including phenoxy) is 1. The van der Waals surface area contributed by atoms with Gasteiger partial charge >= 0.3 is 0 Å². The molecule has 0 atom stereocenters. The Balaban J connectivity index is 2.64. The van der Waals surface area contributed by atoms with Crippen molar-refractivity contribution in [2.75, 3.05) is 7.11 Å². The van der Waals surface area contributed by atoms with Crippen LogP contribution in [0.3, 0.4) is 0 Å². The van der Waals surface area contributed by atoms with E-state index in [0.29, 0.717) is 11.3 Å². The summed E-state index contributed by atoms with van der Waals surface area (Å²) in [6.45, 7) is 0. The van der Waals surface area contributed by atoms with E-state index in [0.717, 1.165) is 4.88 Å². The summed E-state index contributed by atoms with van der Waals surface area (Å²) in [7, 11) is 1.49. The van der Waals surface area contributed by atoms with Crippen molar-refractivity contribution in [2.24, 2.45) is 0 Å². The molecule has 1 aromatic heterocycles.